The third-order valence-corrected chi connectivity index (χ3v) is 3.50. The van der Waals surface area contributed by atoms with E-state index < -0.39 is 0 Å². The monoisotopic (exact) mass is 382 g/mol. The molecular formula is C14H31IN4. The fourth-order valence-electron chi connectivity index (χ4n) is 2.52. The number of guanidine groups is 1. The lowest BCUT2D eigenvalue weighted by Gasteiger charge is -2.29. The van der Waals surface area contributed by atoms with Gasteiger partial charge in [0.15, 0.2) is 5.96 Å². The maximum atomic E-state index is 4.72. The summed E-state index contributed by atoms with van der Waals surface area (Å²) in [7, 11) is 0. The molecule has 0 aromatic carbocycles. The van der Waals surface area contributed by atoms with Gasteiger partial charge in [-0.05, 0) is 45.7 Å². The number of nitrogens with one attached hydrogen (secondary N) is 2. The van der Waals surface area contributed by atoms with Crippen molar-refractivity contribution in [2.75, 3.05) is 32.7 Å². The average Bonchev–Trinajstić information content (AvgIpc) is 2.83. The van der Waals surface area contributed by atoms with Crippen molar-refractivity contribution < 1.29 is 0 Å². The average molecular weight is 382 g/mol. The van der Waals surface area contributed by atoms with Crippen LogP contribution in [0.1, 0.15) is 40.5 Å². The number of likely N-dealkylation sites (tertiary alicyclic amines) is 1. The zero-order valence-corrected chi connectivity index (χ0v) is 15.2. The normalized spacial score (nSPS) is 16.9. The lowest BCUT2D eigenvalue weighted by Crippen LogP contribution is -2.42. The highest BCUT2D eigenvalue weighted by atomic mass is 127. The standard InChI is InChI=1S/C14H30N4.HI/c1-5-15-14(16-6-2)17-11-13(12(3)4)18-9-7-8-10-18;/h12-13H,5-11H2,1-4H3,(H2,15,16,17);1H. The number of hydrogen-bond donors (Lipinski definition) is 2. The van der Waals surface area contributed by atoms with Gasteiger partial charge in [-0.1, -0.05) is 13.8 Å². The molecule has 19 heavy (non-hydrogen) atoms. The lowest BCUT2D eigenvalue weighted by atomic mass is 10.0. The molecule has 1 atom stereocenters. The van der Waals surface area contributed by atoms with Crippen molar-refractivity contribution in [2.24, 2.45) is 10.9 Å². The van der Waals surface area contributed by atoms with Crippen molar-refractivity contribution in [1.29, 1.82) is 0 Å². The Labute approximate surface area is 135 Å². The van der Waals surface area contributed by atoms with Crippen LogP contribution in [-0.4, -0.2) is 49.6 Å². The van der Waals surface area contributed by atoms with Crippen LogP contribution in [0.2, 0.25) is 0 Å². The minimum absolute atomic E-state index is 0. The zero-order valence-electron chi connectivity index (χ0n) is 12.9. The third kappa shape index (κ3) is 6.79. The van der Waals surface area contributed by atoms with Crippen molar-refractivity contribution in [3.8, 4) is 0 Å². The van der Waals surface area contributed by atoms with Crippen LogP contribution in [-0.2, 0) is 0 Å². The molecule has 1 saturated heterocycles. The predicted octanol–water partition coefficient (Wildman–Crippen LogP) is 2.30. The second-order valence-electron chi connectivity index (χ2n) is 5.30. The molecular weight excluding hydrogens is 351 g/mol. The van der Waals surface area contributed by atoms with Gasteiger partial charge in [-0.2, -0.15) is 0 Å². The Hall–Kier alpha value is -0.0400. The molecule has 2 N–H and O–H groups in total. The van der Waals surface area contributed by atoms with Crippen molar-refractivity contribution >= 4 is 29.9 Å². The molecule has 0 aromatic heterocycles. The summed E-state index contributed by atoms with van der Waals surface area (Å²) in [6.07, 6.45) is 2.69. The summed E-state index contributed by atoms with van der Waals surface area (Å²) in [4.78, 5) is 7.32. The van der Waals surface area contributed by atoms with E-state index in [9.17, 15) is 0 Å². The number of rotatable bonds is 6. The van der Waals surface area contributed by atoms with Crippen LogP contribution in [0.5, 0.6) is 0 Å². The molecule has 1 aliphatic heterocycles. The molecule has 1 heterocycles. The summed E-state index contributed by atoms with van der Waals surface area (Å²) in [5.74, 6) is 1.61. The molecule has 1 rings (SSSR count). The van der Waals surface area contributed by atoms with Crippen LogP contribution in [0.4, 0.5) is 0 Å². The Kier molecular flexibility index (Phi) is 10.7. The molecule has 0 radical (unpaired) electrons. The second-order valence-corrected chi connectivity index (χ2v) is 5.30. The van der Waals surface area contributed by atoms with Crippen LogP contribution in [0.15, 0.2) is 4.99 Å². The number of aliphatic imine (C=N–C) groups is 1. The molecule has 1 aliphatic rings. The summed E-state index contributed by atoms with van der Waals surface area (Å²) in [5.41, 5.74) is 0. The van der Waals surface area contributed by atoms with Gasteiger partial charge in [-0.3, -0.25) is 9.89 Å². The van der Waals surface area contributed by atoms with Crippen LogP contribution in [0.25, 0.3) is 0 Å². The topological polar surface area (TPSA) is 39.7 Å². The fraction of sp³-hybridized carbons (Fsp3) is 0.929. The summed E-state index contributed by atoms with van der Waals surface area (Å²) in [6, 6.07) is 0.583. The van der Waals surface area contributed by atoms with Crippen molar-refractivity contribution in [1.82, 2.24) is 15.5 Å². The van der Waals surface area contributed by atoms with E-state index in [1.165, 1.54) is 25.9 Å². The van der Waals surface area contributed by atoms with Gasteiger partial charge in [-0.15, -0.1) is 24.0 Å². The van der Waals surface area contributed by atoms with Gasteiger partial charge in [0.2, 0.25) is 0 Å². The van der Waals surface area contributed by atoms with E-state index in [4.69, 9.17) is 4.99 Å². The summed E-state index contributed by atoms with van der Waals surface area (Å²) in [6.45, 7) is 14.0. The Balaban J connectivity index is 0.00000324. The Bertz CT molecular complexity index is 242. The molecule has 5 heteroatoms. The smallest absolute Gasteiger partial charge is 0.191 e. The molecule has 0 bridgehead atoms. The fourth-order valence-corrected chi connectivity index (χ4v) is 2.52. The SMILES string of the molecule is CCNC(=NCC(C(C)C)N1CCCC1)NCC.I. The Morgan fingerprint density at radius 2 is 1.63 bits per heavy atom. The van der Waals surface area contributed by atoms with E-state index in [0.717, 1.165) is 25.6 Å². The predicted molar refractivity (Wildman–Crippen MR) is 94.5 cm³/mol. The van der Waals surface area contributed by atoms with E-state index in [0.29, 0.717) is 12.0 Å². The number of nitrogens with zero attached hydrogens (tertiary/aromatic N) is 2. The van der Waals surface area contributed by atoms with E-state index >= 15 is 0 Å². The first-order chi connectivity index (χ1) is 8.69. The molecule has 0 amide bonds. The Morgan fingerprint density at radius 1 is 1.11 bits per heavy atom. The van der Waals surface area contributed by atoms with Crippen LogP contribution in [0, 0.1) is 5.92 Å². The maximum absolute atomic E-state index is 4.72. The number of halogens is 1. The second kappa shape index (κ2) is 10.7. The van der Waals surface area contributed by atoms with E-state index in [1.54, 1.807) is 0 Å². The van der Waals surface area contributed by atoms with Crippen molar-refractivity contribution in [3.05, 3.63) is 0 Å². The summed E-state index contributed by atoms with van der Waals surface area (Å²) in [5, 5.41) is 6.58. The first kappa shape index (κ1) is 19.0. The van der Waals surface area contributed by atoms with Crippen LogP contribution >= 0.6 is 24.0 Å². The van der Waals surface area contributed by atoms with Gasteiger partial charge in [0, 0.05) is 19.1 Å². The third-order valence-electron chi connectivity index (χ3n) is 3.50. The highest BCUT2D eigenvalue weighted by Gasteiger charge is 2.24. The molecule has 4 nitrogen and oxygen atoms in total. The minimum atomic E-state index is 0. The highest BCUT2D eigenvalue weighted by molar-refractivity contribution is 14.0. The molecule has 1 fully saturated rings. The molecule has 114 valence electrons. The van der Waals surface area contributed by atoms with Gasteiger partial charge in [0.05, 0.1) is 6.54 Å². The molecule has 0 saturated carbocycles. The quantitative estimate of drug-likeness (QED) is 0.421. The molecule has 0 spiro atoms. The maximum Gasteiger partial charge on any atom is 0.191 e. The largest absolute Gasteiger partial charge is 0.357 e. The summed E-state index contributed by atoms with van der Waals surface area (Å²) >= 11 is 0. The van der Waals surface area contributed by atoms with Gasteiger partial charge >= 0.3 is 0 Å². The van der Waals surface area contributed by atoms with Crippen LogP contribution in [0.3, 0.4) is 0 Å². The molecule has 0 aliphatic carbocycles. The highest BCUT2D eigenvalue weighted by Crippen LogP contribution is 2.17. The first-order valence-corrected chi connectivity index (χ1v) is 7.45. The summed E-state index contributed by atoms with van der Waals surface area (Å²) < 4.78 is 0. The van der Waals surface area contributed by atoms with Crippen molar-refractivity contribution in [2.45, 2.75) is 46.6 Å². The van der Waals surface area contributed by atoms with Gasteiger partial charge in [0.1, 0.15) is 0 Å². The molecule has 1 unspecified atom stereocenters. The van der Waals surface area contributed by atoms with Gasteiger partial charge in [0.25, 0.3) is 0 Å². The van der Waals surface area contributed by atoms with Crippen LogP contribution < -0.4 is 10.6 Å². The number of hydrogen-bond acceptors (Lipinski definition) is 2. The van der Waals surface area contributed by atoms with E-state index in [2.05, 4.69) is 43.2 Å². The van der Waals surface area contributed by atoms with Crippen molar-refractivity contribution in [3.63, 3.8) is 0 Å². The Morgan fingerprint density at radius 3 is 2.05 bits per heavy atom. The van der Waals surface area contributed by atoms with E-state index in [1.807, 2.05) is 0 Å². The van der Waals surface area contributed by atoms with Gasteiger partial charge in [-0.25, -0.2) is 0 Å². The minimum Gasteiger partial charge on any atom is -0.357 e. The molecule has 0 aromatic rings. The first-order valence-electron chi connectivity index (χ1n) is 7.45. The zero-order chi connectivity index (χ0) is 13.4. The van der Waals surface area contributed by atoms with Gasteiger partial charge < -0.3 is 10.6 Å². The van der Waals surface area contributed by atoms with E-state index in [-0.39, 0.29) is 24.0 Å². The lowest BCUT2D eigenvalue weighted by molar-refractivity contribution is 0.197.